The minimum atomic E-state index is -0.361. The van der Waals surface area contributed by atoms with Crippen molar-refractivity contribution < 1.29 is 9.59 Å². The summed E-state index contributed by atoms with van der Waals surface area (Å²) >= 11 is 11.4. The lowest BCUT2D eigenvalue weighted by Gasteiger charge is -2.35. The van der Waals surface area contributed by atoms with Gasteiger partial charge in [0.1, 0.15) is 0 Å². The van der Waals surface area contributed by atoms with Crippen LogP contribution in [0, 0.1) is 11.8 Å². The summed E-state index contributed by atoms with van der Waals surface area (Å²) in [5, 5.41) is 4.19. The molecule has 1 saturated carbocycles. The number of thiocarbonyl (C=S) groups is 1. The third-order valence-corrected chi connectivity index (χ3v) is 6.34. The summed E-state index contributed by atoms with van der Waals surface area (Å²) in [6.07, 6.45) is 4.75. The highest BCUT2D eigenvalue weighted by Crippen LogP contribution is 2.30. The maximum atomic E-state index is 12.7. The average Bonchev–Trinajstić information content (AvgIpc) is 3.09. The summed E-state index contributed by atoms with van der Waals surface area (Å²) in [6.45, 7) is 5.08. The molecule has 0 bridgehead atoms. The van der Waals surface area contributed by atoms with Crippen LogP contribution in [-0.4, -0.2) is 29.5 Å². The summed E-state index contributed by atoms with van der Waals surface area (Å²) in [5.74, 6) is 0.814. The molecule has 8 heteroatoms. The zero-order valence-electron chi connectivity index (χ0n) is 16.3. The molecule has 2 fully saturated rings. The van der Waals surface area contributed by atoms with Gasteiger partial charge >= 0.3 is 0 Å². The Morgan fingerprint density at radius 1 is 1.21 bits per heavy atom. The molecular formula is C20H27ClN4O2S. The summed E-state index contributed by atoms with van der Waals surface area (Å²) in [4.78, 5) is 26.4. The standard InChI is InChI=1S/C20H27ClN4O2S/c1-12-5-3-6-16(13(12)2)22-20(28)24-23-19(27)15-9-8-14(21)11-17(15)25-10-4-7-18(25)26/h8-9,11-13,16H,3-7,10H2,1-2H3,(H,23,27)(H2,22,24,28)/t12-,13+,16-/m0/s1. The Morgan fingerprint density at radius 3 is 2.71 bits per heavy atom. The number of halogens is 1. The minimum Gasteiger partial charge on any atom is -0.358 e. The van der Waals surface area contributed by atoms with Gasteiger partial charge in [-0.15, -0.1) is 0 Å². The Labute approximate surface area is 176 Å². The molecule has 1 aromatic rings. The van der Waals surface area contributed by atoms with E-state index in [1.165, 1.54) is 12.8 Å². The van der Waals surface area contributed by atoms with Gasteiger partial charge in [-0.05, 0) is 55.1 Å². The lowest BCUT2D eigenvalue weighted by atomic mass is 9.78. The number of carbonyl (C=O) groups is 2. The van der Waals surface area contributed by atoms with E-state index in [1.807, 2.05) is 0 Å². The van der Waals surface area contributed by atoms with Crippen molar-refractivity contribution in [2.75, 3.05) is 11.4 Å². The molecule has 1 saturated heterocycles. The van der Waals surface area contributed by atoms with Crippen molar-refractivity contribution in [1.82, 2.24) is 16.2 Å². The summed E-state index contributed by atoms with van der Waals surface area (Å²) in [5.41, 5.74) is 6.34. The van der Waals surface area contributed by atoms with Crippen LogP contribution in [-0.2, 0) is 4.79 Å². The van der Waals surface area contributed by atoms with Crippen molar-refractivity contribution in [3.63, 3.8) is 0 Å². The fourth-order valence-corrected chi connectivity index (χ4v) is 4.36. The molecule has 0 unspecified atom stereocenters. The minimum absolute atomic E-state index is 0.00173. The first-order valence-electron chi connectivity index (χ1n) is 9.83. The molecule has 3 rings (SSSR count). The molecule has 3 atom stereocenters. The van der Waals surface area contributed by atoms with E-state index in [9.17, 15) is 9.59 Å². The van der Waals surface area contributed by atoms with Gasteiger partial charge < -0.3 is 10.2 Å². The van der Waals surface area contributed by atoms with Crippen LogP contribution in [0.2, 0.25) is 5.02 Å². The Bertz CT molecular complexity index is 773. The SMILES string of the molecule is C[C@H]1[C@@H](NC(=S)NNC(=O)c2ccc(Cl)cc2N2CCCC2=O)CCC[C@@H]1C. The molecule has 0 spiro atoms. The largest absolute Gasteiger partial charge is 0.358 e. The van der Waals surface area contributed by atoms with Crippen LogP contribution >= 0.6 is 23.8 Å². The highest BCUT2D eigenvalue weighted by atomic mass is 35.5. The van der Waals surface area contributed by atoms with E-state index in [1.54, 1.807) is 23.1 Å². The Hall–Kier alpha value is -1.86. The van der Waals surface area contributed by atoms with E-state index in [2.05, 4.69) is 30.0 Å². The van der Waals surface area contributed by atoms with Gasteiger partial charge in [0, 0.05) is 24.0 Å². The van der Waals surface area contributed by atoms with Gasteiger partial charge in [0.25, 0.3) is 5.91 Å². The number of carbonyl (C=O) groups excluding carboxylic acids is 2. The van der Waals surface area contributed by atoms with Crippen LogP contribution in [0.1, 0.15) is 56.3 Å². The molecule has 28 heavy (non-hydrogen) atoms. The number of nitrogens with one attached hydrogen (secondary N) is 3. The van der Waals surface area contributed by atoms with Crippen LogP contribution in [0.4, 0.5) is 5.69 Å². The summed E-state index contributed by atoms with van der Waals surface area (Å²) in [7, 11) is 0. The van der Waals surface area contributed by atoms with Crippen molar-refractivity contribution in [3.05, 3.63) is 28.8 Å². The van der Waals surface area contributed by atoms with E-state index in [0.717, 1.165) is 12.8 Å². The number of nitrogens with zero attached hydrogens (tertiary/aromatic N) is 1. The van der Waals surface area contributed by atoms with E-state index in [0.29, 0.717) is 52.2 Å². The van der Waals surface area contributed by atoms with Crippen LogP contribution in [0.15, 0.2) is 18.2 Å². The van der Waals surface area contributed by atoms with Crippen LogP contribution in [0.5, 0.6) is 0 Å². The van der Waals surface area contributed by atoms with Gasteiger partial charge in [0.2, 0.25) is 5.91 Å². The van der Waals surface area contributed by atoms with E-state index in [4.69, 9.17) is 23.8 Å². The van der Waals surface area contributed by atoms with Crippen molar-refractivity contribution in [2.24, 2.45) is 11.8 Å². The molecule has 0 aromatic heterocycles. The smallest absolute Gasteiger partial charge is 0.271 e. The highest BCUT2D eigenvalue weighted by Gasteiger charge is 2.28. The van der Waals surface area contributed by atoms with Crippen molar-refractivity contribution in [2.45, 2.75) is 52.0 Å². The van der Waals surface area contributed by atoms with Crippen molar-refractivity contribution in [3.8, 4) is 0 Å². The predicted octanol–water partition coefficient (Wildman–Crippen LogP) is 3.40. The topological polar surface area (TPSA) is 73.5 Å². The van der Waals surface area contributed by atoms with Gasteiger partial charge in [-0.25, -0.2) is 0 Å². The van der Waals surface area contributed by atoms with Crippen molar-refractivity contribution >= 4 is 46.4 Å². The fourth-order valence-electron chi connectivity index (χ4n) is 3.99. The molecule has 1 aromatic carbocycles. The quantitative estimate of drug-likeness (QED) is 0.514. The molecule has 0 radical (unpaired) electrons. The van der Waals surface area contributed by atoms with Gasteiger partial charge in [-0.1, -0.05) is 38.3 Å². The molecule has 152 valence electrons. The van der Waals surface area contributed by atoms with Gasteiger partial charge in [-0.3, -0.25) is 20.4 Å². The highest BCUT2D eigenvalue weighted by molar-refractivity contribution is 7.80. The maximum absolute atomic E-state index is 12.7. The summed E-state index contributed by atoms with van der Waals surface area (Å²) < 4.78 is 0. The van der Waals surface area contributed by atoms with Crippen LogP contribution in [0.25, 0.3) is 0 Å². The lowest BCUT2D eigenvalue weighted by molar-refractivity contribution is -0.117. The fraction of sp³-hybridized carbons (Fsp3) is 0.550. The van der Waals surface area contributed by atoms with E-state index >= 15 is 0 Å². The molecule has 3 N–H and O–H groups in total. The molecule has 1 aliphatic heterocycles. The first kappa shape index (κ1) is 20.9. The number of benzene rings is 1. The monoisotopic (exact) mass is 422 g/mol. The van der Waals surface area contributed by atoms with Gasteiger partial charge in [0.05, 0.1) is 11.3 Å². The molecule has 2 aliphatic rings. The number of rotatable bonds is 3. The van der Waals surface area contributed by atoms with Crippen LogP contribution in [0.3, 0.4) is 0 Å². The Kier molecular flexibility index (Phi) is 6.78. The second-order valence-corrected chi connectivity index (χ2v) is 8.58. The lowest BCUT2D eigenvalue weighted by Crippen LogP contribution is -2.52. The summed E-state index contributed by atoms with van der Waals surface area (Å²) in [6, 6.07) is 5.22. The number of anilines is 1. The van der Waals surface area contributed by atoms with Gasteiger partial charge in [0.15, 0.2) is 5.11 Å². The second-order valence-electron chi connectivity index (χ2n) is 7.74. The Balaban J connectivity index is 1.62. The first-order chi connectivity index (χ1) is 13.4. The molecular weight excluding hydrogens is 396 g/mol. The number of amides is 2. The number of hydrazine groups is 1. The first-order valence-corrected chi connectivity index (χ1v) is 10.6. The van der Waals surface area contributed by atoms with Crippen molar-refractivity contribution in [1.29, 1.82) is 0 Å². The zero-order valence-corrected chi connectivity index (χ0v) is 17.8. The molecule has 6 nitrogen and oxygen atoms in total. The average molecular weight is 423 g/mol. The van der Waals surface area contributed by atoms with E-state index < -0.39 is 0 Å². The zero-order chi connectivity index (χ0) is 20.3. The van der Waals surface area contributed by atoms with Crippen LogP contribution < -0.4 is 21.1 Å². The third-order valence-electron chi connectivity index (χ3n) is 5.88. The molecule has 2 amide bonds. The normalized spacial score (nSPS) is 24.8. The number of hydrogen-bond acceptors (Lipinski definition) is 3. The third kappa shape index (κ3) is 4.75. The molecule has 1 heterocycles. The predicted molar refractivity (Wildman–Crippen MR) is 115 cm³/mol. The Morgan fingerprint density at radius 2 is 2.00 bits per heavy atom. The molecule has 1 aliphatic carbocycles. The second kappa shape index (κ2) is 9.09. The van der Waals surface area contributed by atoms with Gasteiger partial charge in [-0.2, -0.15) is 0 Å². The number of hydrogen-bond donors (Lipinski definition) is 3. The van der Waals surface area contributed by atoms with E-state index in [-0.39, 0.29) is 11.8 Å². The maximum Gasteiger partial charge on any atom is 0.271 e.